The van der Waals surface area contributed by atoms with E-state index in [2.05, 4.69) is 6.08 Å². The van der Waals surface area contributed by atoms with Gasteiger partial charge in [-0.25, -0.2) is 0 Å². The molecule has 0 amide bonds. The van der Waals surface area contributed by atoms with Crippen molar-refractivity contribution in [3.63, 3.8) is 0 Å². The van der Waals surface area contributed by atoms with Crippen molar-refractivity contribution in [3.05, 3.63) is 35.9 Å². The minimum absolute atomic E-state index is 0. The van der Waals surface area contributed by atoms with Crippen LogP contribution in [0.25, 0.3) is 6.08 Å². The third-order valence-electron chi connectivity index (χ3n) is 1.55. The molecule has 11 heavy (non-hydrogen) atoms. The summed E-state index contributed by atoms with van der Waals surface area (Å²) in [7, 11) is 0. The predicted octanol–water partition coefficient (Wildman–Crippen LogP) is 2.09. The Kier molecular flexibility index (Phi) is 3.11. The molecule has 1 aromatic carbocycles. The Hall–Kier alpha value is -0.318. The number of benzene rings is 1. The van der Waals surface area contributed by atoms with E-state index in [9.17, 15) is 0 Å². The minimum Gasteiger partial charge on any atom is -0.489 e. The van der Waals surface area contributed by atoms with Gasteiger partial charge in [0.15, 0.2) is 0 Å². The zero-order valence-corrected chi connectivity index (χ0v) is 10.3. The first kappa shape index (κ1) is 8.78. The van der Waals surface area contributed by atoms with Crippen LogP contribution in [0.15, 0.2) is 30.3 Å². The normalized spacial score (nSPS) is 12.7. The van der Waals surface area contributed by atoms with E-state index in [-0.39, 0.29) is 27.3 Å². The molecule has 0 saturated heterocycles. The second kappa shape index (κ2) is 3.90. The van der Waals surface area contributed by atoms with Crippen molar-refractivity contribution in [3.8, 4) is 5.75 Å². The van der Waals surface area contributed by atoms with E-state index < -0.39 is 0 Å². The Morgan fingerprint density at radius 1 is 1.18 bits per heavy atom. The molecule has 1 aliphatic rings. The maximum Gasteiger partial charge on any atom is 0.126 e. The van der Waals surface area contributed by atoms with Gasteiger partial charge in [0.25, 0.3) is 0 Å². The zero-order valence-electron chi connectivity index (χ0n) is 6.29. The van der Waals surface area contributed by atoms with Gasteiger partial charge in [-0.3, -0.25) is 0 Å². The molecule has 2 heteroatoms. The van der Waals surface area contributed by atoms with E-state index in [0.717, 1.165) is 5.75 Å². The smallest absolute Gasteiger partial charge is 0.126 e. The van der Waals surface area contributed by atoms with Gasteiger partial charge in [-0.15, -0.1) is 0 Å². The third-order valence-corrected chi connectivity index (χ3v) is 1.55. The molecule has 1 nitrogen and oxygen atoms in total. The molecule has 0 radical (unpaired) electrons. The van der Waals surface area contributed by atoms with Gasteiger partial charge >= 0.3 is 0 Å². The molecule has 0 aromatic heterocycles. The van der Waals surface area contributed by atoms with Crippen LogP contribution in [0.1, 0.15) is 5.56 Å². The van der Waals surface area contributed by atoms with Crippen LogP contribution in [-0.2, 0) is 27.3 Å². The van der Waals surface area contributed by atoms with Gasteiger partial charge in [0.05, 0.1) is 0 Å². The van der Waals surface area contributed by atoms with Crippen LogP contribution in [0.3, 0.4) is 0 Å². The number of rotatable bonds is 0. The molecule has 0 saturated carbocycles. The number of hydrogen-bond acceptors (Lipinski definition) is 1. The van der Waals surface area contributed by atoms with Crippen LogP contribution >= 0.6 is 0 Å². The summed E-state index contributed by atoms with van der Waals surface area (Å²) in [4.78, 5) is 0. The summed E-state index contributed by atoms with van der Waals surface area (Å²) in [5, 5.41) is 0. The molecule has 1 aromatic rings. The van der Waals surface area contributed by atoms with Crippen LogP contribution in [0.4, 0.5) is 0 Å². The van der Waals surface area contributed by atoms with Crippen molar-refractivity contribution in [2.24, 2.45) is 0 Å². The third kappa shape index (κ3) is 1.83. The quantitative estimate of drug-likeness (QED) is 0.635. The Balaban J connectivity index is 0.000000605. The molecular formula is C9H8CdO. The van der Waals surface area contributed by atoms with Crippen molar-refractivity contribution >= 4 is 6.08 Å². The van der Waals surface area contributed by atoms with Gasteiger partial charge in [-0.2, -0.15) is 0 Å². The van der Waals surface area contributed by atoms with Crippen molar-refractivity contribution in [1.82, 2.24) is 0 Å². The summed E-state index contributed by atoms with van der Waals surface area (Å²) in [6.45, 7) is 0.705. The summed E-state index contributed by atoms with van der Waals surface area (Å²) in [6, 6.07) is 8.03. The first-order valence-corrected chi connectivity index (χ1v) is 3.35. The molecule has 0 N–H and O–H groups in total. The van der Waals surface area contributed by atoms with E-state index in [1.807, 2.05) is 30.3 Å². The summed E-state index contributed by atoms with van der Waals surface area (Å²) < 4.78 is 5.34. The van der Waals surface area contributed by atoms with E-state index >= 15 is 0 Å². The van der Waals surface area contributed by atoms with Gasteiger partial charge < -0.3 is 4.74 Å². The molecule has 0 aliphatic carbocycles. The second-order valence-electron chi connectivity index (χ2n) is 2.25. The maximum absolute atomic E-state index is 5.34. The molecule has 0 unspecified atom stereocenters. The fourth-order valence-corrected chi connectivity index (χ4v) is 1.06. The maximum atomic E-state index is 5.34. The predicted molar refractivity (Wildman–Crippen MR) is 41.0 cm³/mol. The van der Waals surface area contributed by atoms with Crippen LogP contribution in [0.5, 0.6) is 5.75 Å². The number of fused-ring (bicyclic) bond motifs is 1. The SMILES string of the molecule is C1=Cc2ccccc2OC1.[Cd]. The standard InChI is InChI=1S/C9H8O.Cd/c1-2-6-9-8(4-1)5-3-7-10-9;/h1-6H,7H2;. The average molecular weight is 245 g/mol. The second-order valence-corrected chi connectivity index (χ2v) is 2.25. The molecule has 1 heterocycles. The largest absolute Gasteiger partial charge is 0.489 e. The fourth-order valence-electron chi connectivity index (χ4n) is 1.06. The van der Waals surface area contributed by atoms with Crippen molar-refractivity contribution < 1.29 is 32.0 Å². The Morgan fingerprint density at radius 2 is 2.00 bits per heavy atom. The first-order valence-electron chi connectivity index (χ1n) is 3.35. The molecule has 0 bridgehead atoms. The van der Waals surface area contributed by atoms with E-state index in [0.29, 0.717) is 6.61 Å². The van der Waals surface area contributed by atoms with Gasteiger partial charge in [0.1, 0.15) is 12.4 Å². The van der Waals surface area contributed by atoms with E-state index in [1.54, 1.807) is 0 Å². The zero-order chi connectivity index (χ0) is 6.81. The fraction of sp³-hybridized carbons (Fsp3) is 0.111. The van der Waals surface area contributed by atoms with Crippen LogP contribution < -0.4 is 4.74 Å². The molecule has 0 atom stereocenters. The molecule has 2 rings (SSSR count). The topological polar surface area (TPSA) is 9.23 Å². The Bertz CT molecular complexity index is 268. The van der Waals surface area contributed by atoms with E-state index in [1.165, 1.54) is 5.56 Å². The summed E-state index contributed by atoms with van der Waals surface area (Å²) in [5.41, 5.74) is 1.17. The van der Waals surface area contributed by atoms with Crippen LogP contribution in [-0.4, -0.2) is 6.61 Å². The number of hydrogen-bond donors (Lipinski definition) is 0. The number of ether oxygens (including phenoxy) is 1. The average Bonchev–Trinajstić information content (AvgIpc) is 2.05. The van der Waals surface area contributed by atoms with Crippen LogP contribution in [0.2, 0.25) is 0 Å². The van der Waals surface area contributed by atoms with Crippen molar-refractivity contribution in [1.29, 1.82) is 0 Å². The first-order chi connectivity index (χ1) is 4.97. The summed E-state index contributed by atoms with van der Waals surface area (Å²) >= 11 is 0. The molecule has 0 fully saturated rings. The molecule has 1 aliphatic heterocycles. The Morgan fingerprint density at radius 3 is 2.82 bits per heavy atom. The molecule has 52 valence electrons. The van der Waals surface area contributed by atoms with E-state index in [4.69, 9.17) is 4.74 Å². The van der Waals surface area contributed by atoms with Crippen LogP contribution in [0, 0.1) is 0 Å². The van der Waals surface area contributed by atoms with Crippen molar-refractivity contribution in [2.45, 2.75) is 0 Å². The summed E-state index contributed by atoms with van der Waals surface area (Å²) in [5.74, 6) is 0.991. The molecule has 0 spiro atoms. The van der Waals surface area contributed by atoms with Gasteiger partial charge in [0.2, 0.25) is 0 Å². The minimum atomic E-state index is 0. The Labute approximate surface area is 86.2 Å². The number of para-hydroxylation sites is 1. The monoisotopic (exact) mass is 246 g/mol. The van der Waals surface area contributed by atoms with Gasteiger partial charge in [-0.05, 0) is 12.1 Å². The van der Waals surface area contributed by atoms with Gasteiger partial charge in [0, 0.05) is 32.9 Å². The van der Waals surface area contributed by atoms with Gasteiger partial charge in [-0.1, -0.05) is 24.3 Å². The molecular weight excluding hydrogens is 237 g/mol. The van der Waals surface area contributed by atoms with Crippen molar-refractivity contribution in [2.75, 3.05) is 6.61 Å². The summed E-state index contributed by atoms with van der Waals surface area (Å²) in [6.07, 6.45) is 4.10.